The molecule has 68 valence electrons. The number of carbonyl (C=O) groups excluding carboxylic acids is 2. The lowest BCUT2D eigenvalue weighted by molar-refractivity contribution is -0.231. The maximum Gasteiger partial charge on any atom is 0.386 e. The summed E-state index contributed by atoms with van der Waals surface area (Å²) in [4.78, 5) is 30.1. The van der Waals surface area contributed by atoms with Crippen molar-refractivity contribution in [1.82, 2.24) is 0 Å². The van der Waals surface area contributed by atoms with E-state index in [0.29, 0.717) is 0 Å². The van der Waals surface area contributed by atoms with Crippen LogP contribution in [0.5, 0.6) is 0 Å². The van der Waals surface area contributed by atoms with Gasteiger partial charge in [-0.05, 0) is 12.1 Å². The van der Waals surface area contributed by atoms with Gasteiger partial charge in [0.1, 0.15) is 0 Å². The molecule has 13 heavy (non-hydrogen) atoms. The van der Waals surface area contributed by atoms with E-state index in [1.165, 1.54) is 0 Å². The smallest absolute Gasteiger partial charge is 0.248 e. The Morgan fingerprint density at radius 2 is 2.00 bits per heavy atom. The number of benzene rings is 1. The van der Waals surface area contributed by atoms with Crippen LogP contribution in [0.2, 0.25) is 0 Å². The second-order valence-electron chi connectivity index (χ2n) is 1.74. The molecule has 0 radical (unpaired) electrons. The second-order valence-corrected chi connectivity index (χ2v) is 1.74. The molecule has 0 bridgehead atoms. The first-order chi connectivity index (χ1) is 9.48. The first-order valence-electron chi connectivity index (χ1n) is 6.98. The fraction of sp³-hybridized carbons (Fsp3) is 0.111. The van der Waals surface area contributed by atoms with E-state index in [1.807, 2.05) is 0 Å². The van der Waals surface area contributed by atoms with Crippen molar-refractivity contribution in [3.05, 3.63) is 35.8 Å². The van der Waals surface area contributed by atoms with E-state index in [1.54, 1.807) is 0 Å². The van der Waals surface area contributed by atoms with Crippen molar-refractivity contribution in [2.45, 2.75) is 6.85 Å². The lowest BCUT2D eigenvalue weighted by Gasteiger charge is -1.99. The lowest BCUT2D eigenvalue weighted by Crippen LogP contribution is -2.08. The van der Waals surface area contributed by atoms with Gasteiger partial charge in [0.15, 0.2) is 0 Å². The molecule has 1 aromatic carbocycles. The molecule has 0 spiro atoms. The van der Waals surface area contributed by atoms with E-state index < -0.39 is 54.6 Å². The quantitative estimate of drug-likeness (QED) is 0.492. The molecule has 0 heterocycles. The van der Waals surface area contributed by atoms with Gasteiger partial charge in [-0.2, -0.15) is 0 Å². The summed E-state index contributed by atoms with van der Waals surface area (Å²) >= 11 is 0. The zero-order valence-electron chi connectivity index (χ0n) is 14.1. The van der Waals surface area contributed by atoms with Crippen molar-refractivity contribution >= 4 is 11.9 Å². The molecule has 0 aliphatic heterocycles. The molecule has 4 nitrogen and oxygen atoms in total. The maximum absolute atomic E-state index is 11.6. The highest BCUT2D eigenvalue weighted by Gasteiger charge is 2.08. The van der Waals surface area contributed by atoms with Gasteiger partial charge in [0.2, 0.25) is 0 Å². The normalized spacial score (nSPS) is 18.8. The molecule has 0 fully saturated rings. The zero-order valence-corrected chi connectivity index (χ0v) is 6.13. The van der Waals surface area contributed by atoms with Crippen LogP contribution in [0.3, 0.4) is 0 Å². The van der Waals surface area contributed by atoms with Crippen LogP contribution in [0.15, 0.2) is 30.2 Å². The number of rotatable bonds is 1. The third-order valence-electron chi connectivity index (χ3n) is 0.897. The molecule has 4 heteroatoms. The van der Waals surface area contributed by atoms with Crippen LogP contribution in [0.25, 0.3) is 0 Å². The summed E-state index contributed by atoms with van der Waals surface area (Å²) in [5.74, 6) is -3.41. The van der Waals surface area contributed by atoms with Crippen molar-refractivity contribution in [3.8, 4) is 0 Å². The van der Waals surface area contributed by atoms with Gasteiger partial charge in [-0.15, -0.1) is 0 Å². The highest BCUT2D eigenvalue weighted by molar-refractivity contribution is 5.89. The fourth-order valence-electron chi connectivity index (χ4n) is 0.469. The first-order valence-corrected chi connectivity index (χ1v) is 2.98. The standard InChI is InChI=1S/C9H8O4/c1-7(10)12-13-9(11)8-5-3-2-4-6-8/h2-6H,1H3/i1D3,2D,3D,4D,5D,6D. The third kappa shape index (κ3) is 2.94. The monoisotopic (exact) mass is 188 g/mol. The molecule has 0 aromatic heterocycles. The third-order valence-corrected chi connectivity index (χ3v) is 0.897. The Kier molecular flexibility index (Phi) is 1.03. The summed E-state index contributed by atoms with van der Waals surface area (Å²) in [6.45, 7) is -3.17. The Morgan fingerprint density at radius 3 is 2.62 bits per heavy atom. The summed E-state index contributed by atoms with van der Waals surface area (Å²) in [5, 5.41) is 0. The molecule has 0 N–H and O–H groups in total. The minimum absolute atomic E-state index is 0.721. The van der Waals surface area contributed by atoms with E-state index in [9.17, 15) is 9.59 Å². The average Bonchev–Trinajstić information content (AvgIpc) is 2.39. The Morgan fingerprint density at radius 1 is 1.31 bits per heavy atom. The van der Waals surface area contributed by atoms with Crippen LogP contribution < -0.4 is 0 Å². The summed E-state index contributed by atoms with van der Waals surface area (Å²) in [7, 11) is 0. The first kappa shape index (κ1) is 3.14. The Balaban J connectivity index is 3.08. The molecule has 0 aliphatic carbocycles. The van der Waals surface area contributed by atoms with Gasteiger partial charge >= 0.3 is 11.9 Å². The second kappa shape index (κ2) is 4.25. The number of hydrogen-bond donors (Lipinski definition) is 0. The fourth-order valence-corrected chi connectivity index (χ4v) is 0.469. The maximum atomic E-state index is 11.6. The van der Waals surface area contributed by atoms with Crippen LogP contribution >= 0.6 is 0 Å². The van der Waals surface area contributed by atoms with E-state index >= 15 is 0 Å². The van der Waals surface area contributed by atoms with Gasteiger partial charge in [0.05, 0.1) is 12.4 Å². The molecular weight excluding hydrogens is 172 g/mol. The Labute approximate surface area is 86.2 Å². The van der Waals surface area contributed by atoms with Crippen molar-refractivity contribution in [1.29, 1.82) is 0 Å². The van der Waals surface area contributed by atoms with Gasteiger partial charge in [-0.25, -0.2) is 19.4 Å². The molecular formula is C9H8O4. The van der Waals surface area contributed by atoms with E-state index in [-0.39, 0.29) is 0 Å². The predicted molar refractivity (Wildman–Crippen MR) is 43.6 cm³/mol. The van der Waals surface area contributed by atoms with Crippen LogP contribution in [0.1, 0.15) is 28.2 Å². The van der Waals surface area contributed by atoms with E-state index in [2.05, 4.69) is 9.78 Å². The van der Waals surface area contributed by atoms with Crippen molar-refractivity contribution in [2.75, 3.05) is 0 Å². The average molecular weight is 188 g/mol. The van der Waals surface area contributed by atoms with Gasteiger partial charge in [-0.1, -0.05) is 18.1 Å². The van der Waals surface area contributed by atoms with Gasteiger partial charge in [0.25, 0.3) is 0 Å². The van der Waals surface area contributed by atoms with Crippen LogP contribution in [0.4, 0.5) is 0 Å². The van der Waals surface area contributed by atoms with Gasteiger partial charge in [-0.3, -0.25) is 0 Å². The van der Waals surface area contributed by atoms with Crippen molar-refractivity contribution in [2.24, 2.45) is 0 Å². The predicted octanol–water partition coefficient (Wildman–Crippen LogP) is 1.32. The minimum Gasteiger partial charge on any atom is -0.248 e. The van der Waals surface area contributed by atoms with Crippen molar-refractivity contribution < 1.29 is 30.3 Å². The summed E-state index contributed by atoms with van der Waals surface area (Å²) in [5.41, 5.74) is -0.876. The molecule has 1 aromatic rings. The summed E-state index contributed by atoms with van der Waals surface area (Å²) < 4.78 is 56.9. The topological polar surface area (TPSA) is 52.6 Å². The number of hydrogen-bond acceptors (Lipinski definition) is 4. The van der Waals surface area contributed by atoms with E-state index in [0.717, 1.165) is 0 Å². The minimum atomic E-state index is -3.17. The number of carbonyl (C=O) groups is 2. The molecule has 0 atom stereocenters. The van der Waals surface area contributed by atoms with Crippen molar-refractivity contribution in [3.63, 3.8) is 0 Å². The van der Waals surface area contributed by atoms with E-state index in [4.69, 9.17) is 11.0 Å². The highest BCUT2D eigenvalue weighted by atomic mass is 17.2. The lowest BCUT2D eigenvalue weighted by atomic mass is 10.2. The molecule has 0 saturated heterocycles. The zero-order chi connectivity index (χ0) is 16.5. The molecule has 1 rings (SSSR count). The van der Waals surface area contributed by atoms with Crippen LogP contribution in [-0.2, 0) is 14.6 Å². The largest absolute Gasteiger partial charge is 0.386 e. The van der Waals surface area contributed by atoms with Crippen LogP contribution in [0, 0.1) is 0 Å². The molecule has 0 amide bonds. The SMILES string of the molecule is [2H]c1c([2H])c([2H])c(C(=O)OOC(=O)C([2H])([2H])[2H])c([2H])c1[2H]. The van der Waals surface area contributed by atoms with Gasteiger partial charge < -0.3 is 0 Å². The highest BCUT2D eigenvalue weighted by Crippen LogP contribution is 2.00. The summed E-state index contributed by atoms with van der Waals surface area (Å²) in [6.07, 6.45) is 0. The van der Waals surface area contributed by atoms with Gasteiger partial charge in [0, 0.05) is 11.0 Å². The molecule has 0 saturated carbocycles. The Bertz CT molecular complexity index is 580. The molecule has 0 aliphatic rings. The van der Waals surface area contributed by atoms with Crippen LogP contribution in [-0.4, -0.2) is 11.9 Å². The summed E-state index contributed by atoms with van der Waals surface area (Å²) in [6, 6.07) is -4.02. The molecule has 0 unspecified atom stereocenters. The Hall–Kier alpha value is -1.84.